The summed E-state index contributed by atoms with van der Waals surface area (Å²) in [5, 5.41) is 13.3. The summed E-state index contributed by atoms with van der Waals surface area (Å²) in [5.74, 6) is -1.37. The number of carbonyl (C=O) groups is 2. The Labute approximate surface area is 149 Å². The molecule has 1 N–H and O–H groups in total. The number of hydrogen-bond acceptors (Lipinski definition) is 5. The van der Waals surface area contributed by atoms with Crippen molar-refractivity contribution >= 4 is 17.5 Å². The van der Waals surface area contributed by atoms with Crippen LogP contribution in [0.15, 0.2) is 24.3 Å². The second-order valence-electron chi connectivity index (χ2n) is 7.54. The topological polar surface area (TPSA) is 97.4 Å². The highest BCUT2D eigenvalue weighted by Gasteiger charge is 2.36. The number of hydrogen-bond donors (Lipinski definition) is 1. The third-order valence-electron chi connectivity index (χ3n) is 4.64. The first-order valence-corrected chi connectivity index (χ1v) is 8.38. The van der Waals surface area contributed by atoms with Gasteiger partial charge < -0.3 is 5.11 Å². The molecule has 0 radical (unpaired) electrons. The minimum Gasteiger partial charge on any atom is -0.475 e. The van der Waals surface area contributed by atoms with Crippen molar-refractivity contribution in [3.63, 3.8) is 0 Å². The molecule has 1 aliphatic rings. The Morgan fingerprint density at radius 3 is 2.50 bits per heavy atom. The lowest BCUT2D eigenvalue weighted by molar-refractivity contribution is 0.0683. The molecule has 0 unspecified atom stereocenters. The van der Waals surface area contributed by atoms with E-state index in [2.05, 4.69) is 15.1 Å². The second-order valence-corrected chi connectivity index (χ2v) is 7.54. The van der Waals surface area contributed by atoms with Crippen LogP contribution in [0.1, 0.15) is 52.5 Å². The van der Waals surface area contributed by atoms with Crippen molar-refractivity contribution in [3.8, 4) is 11.3 Å². The fourth-order valence-corrected chi connectivity index (χ4v) is 3.47. The lowest BCUT2D eigenvalue weighted by Crippen LogP contribution is -2.29. The summed E-state index contributed by atoms with van der Waals surface area (Å²) in [6.45, 7) is 6.03. The standard InChI is InChI=1S/C19H18N4O3/c1-10-4-6-11(7-5-10)15-14-12(8-19(2,3)9-13(14)24)20-18-21-16(17(25)26)22-23(15)18/h4-7H,8-9H2,1-3H3,(H,25,26). The van der Waals surface area contributed by atoms with Crippen molar-refractivity contribution in [3.05, 3.63) is 46.9 Å². The minimum absolute atomic E-state index is 0.00593. The molecule has 0 bridgehead atoms. The Bertz CT molecular complexity index is 1060. The van der Waals surface area contributed by atoms with Crippen LogP contribution in [0, 0.1) is 12.3 Å². The van der Waals surface area contributed by atoms with Crippen LogP contribution in [0.2, 0.25) is 0 Å². The average Bonchev–Trinajstić information content (AvgIpc) is 2.96. The maximum atomic E-state index is 12.9. The molecule has 4 rings (SSSR count). The molecule has 0 saturated carbocycles. The summed E-state index contributed by atoms with van der Waals surface area (Å²) in [4.78, 5) is 32.7. The van der Waals surface area contributed by atoms with Crippen LogP contribution in [-0.4, -0.2) is 36.4 Å². The number of Topliss-reactive ketones (excluding diaryl/α,β-unsaturated/α-hetero) is 1. The van der Waals surface area contributed by atoms with Gasteiger partial charge in [0, 0.05) is 12.0 Å². The summed E-state index contributed by atoms with van der Waals surface area (Å²) in [5.41, 5.74) is 3.40. The number of benzene rings is 1. The number of carbonyl (C=O) groups excluding carboxylic acids is 1. The molecular formula is C19H18N4O3. The van der Waals surface area contributed by atoms with Gasteiger partial charge in [-0.25, -0.2) is 9.78 Å². The van der Waals surface area contributed by atoms with Gasteiger partial charge in [0.05, 0.1) is 17.0 Å². The predicted octanol–water partition coefficient (Wildman–Crippen LogP) is 2.95. The number of aromatic carboxylic acids is 1. The van der Waals surface area contributed by atoms with E-state index in [1.54, 1.807) is 0 Å². The largest absolute Gasteiger partial charge is 0.475 e. The van der Waals surface area contributed by atoms with Crippen molar-refractivity contribution in [1.29, 1.82) is 0 Å². The summed E-state index contributed by atoms with van der Waals surface area (Å²) >= 11 is 0. The lowest BCUT2D eigenvalue weighted by atomic mass is 9.75. The molecule has 0 saturated heterocycles. The maximum Gasteiger partial charge on any atom is 0.375 e. The average molecular weight is 350 g/mol. The zero-order chi connectivity index (χ0) is 18.6. The highest BCUT2D eigenvalue weighted by molar-refractivity contribution is 6.04. The van der Waals surface area contributed by atoms with Gasteiger partial charge in [0.1, 0.15) is 0 Å². The van der Waals surface area contributed by atoms with Crippen molar-refractivity contribution in [2.45, 2.75) is 33.6 Å². The Morgan fingerprint density at radius 2 is 1.85 bits per heavy atom. The van der Waals surface area contributed by atoms with Gasteiger partial charge in [-0.15, -0.1) is 5.10 Å². The number of aromatic nitrogens is 4. The molecule has 1 aromatic carbocycles. The van der Waals surface area contributed by atoms with Gasteiger partial charge in [0.2, 0.25) is 0 Å². The van der Waals surface area contributed by atoms with E-state index in [0.717, 1.165) is 11.1 Å². The van der Waals surface area contributed by atoms with E-state index in [9.17, 15) is 14.7 Å². The van der Waals surface area contributed by atoms with E-state index < -0.39 is 5.97 Å². The van der Waals surface area contributed by atoms with Gasteiger partial charge in [0.25, 0.3) is 11.6 Å². The van der Waals surface area contributed by atoms with Gasteiger partial charge >= 0.3 is 5.97 Å². The first kappa shape index (κ1) is 16.4. The molecule has 2 aromatic heterocycles. The van der Waals surface area contributed by atoms with E-state index in [1.807, 2.05) is 45.0 Å². The number of fused-ring (bicyclic) bond motifs is 2. The molecule has 0 spiro atoms. The summed E-state index contributed by atoms with van der Waals surface area (Å²) in [6.07, 6.45) is 1.03. The predicted molar refractivity (Wildman–Crippen MR) is 94.3 cm³/mol. The molecule has 0 atom stereocenters. The van der Waals surface area contributed by atoms with E-state index in [1.165, 1.54) is 4.52 Å². The molecule has 132 valence electrons. The number of nitrogens with zero attached hydrogens (tertiary/aromatic N) is 4. The SMILES string of the molecule is Cc1ccc(-c2c3c(nc4nc(C(=O)O)nn24)CC(C)(C)CC3=O)cc1. The Balaban J connectivity index is 2.09. The van der Waals surface area contributed by atoms with Gasteiger partial charge in [0.15, 0.2) is 5.78 Å². The van der Waals surface area contributed by atoms with E-state index in [0.29, 0.717) is 29.8 Å². The molecule has 0 aliphatic heterocycles. The molecule has 0 fully saturated rings. The van der Waals surface area contributed by atoms with Crippen LogP contribution in [0.3, 0.4) is 0 Å². The van der Waals surface area contributed by atoms with Crippen LogP contribution in [0.5, 0.6) is 0 Å². The van der Waals surface area contributed by atoms with Crippen LogP contribution >= 0.6 is 0 Å². The lowest BCUT2D eigenvalue weighted by Gasteiger charge is -2.30. The quantitative estimate of drug-likeness (QED) is 0.763. The molecular weight excluding hydrogens is 332 g/mol. The minimum atomic E-state index is -1.23. The smallest absolute Gasteiger partial charge is 0.375 e. The normalized spacial score (nSPS) is 15.9. The van der Waals surface area contributed by atoms with E-state index in [4.69, 9.17) is 0 Å². The van der Waals surface area contributed by atoms with Crippen molar-refractivity contribution in [2.24, 2.45) is 5.41 Å². The number of rotatable bonds is 2. The van der Waals surface area contributed by atoms with Crippen molar-refractivity contribution < 1.29 is 14.7 Å². The van der Waals surface area contributed by atoms with Crippen LogP contribution in [0.4, 0.5) is 0 Å². The van der Waals surface area contributed by atoms with Gasteiger partial charge in [-0.3, -0.25) is 4.79 Å². The van der Waals surface area contributed by atoms with Gasteiger partial charge in [-0.2, -0.15) is 9.50 Å². The number of aryl methyl sites for hydroxylation is 1. The highest BCUT2D eigenvalue weighted by atomic mass is 16.4. The third kappa shape index (κ3) is 2.56. The molecule has 0 amide bonds. The van der Waals surface area contributed by atoms with E-state index >= 15 is 0 Å². The number of carboxylic acid groups (broad SMARTS) is 1. The maximum absolute atomic E-state index is 12.9. The first-order valence-electron chi connectivity index (χ1n) is 8.38. The monoisotopic (exact) mass is 350 g/mol. The molecule has 3 aromatic rings. The molecule has 1 aliphatic carbocycles. The molecule has 7 heteroatoms. The van der Waals surface area contributed by atoms with E-state index in [-0.39, 0.29) is 22.8 Å². The first-order chi connectivity index (χ1) is 12.2. The Morgan fingerprint density at radius 1 is 1.15 bits per heavy atom. The van der Waals surface area contributed by atoms with Crippen molar-refractivity contribution in [1.82, 2.24) is 19.6 Å². The molecule has 2 heterocycles. The van der Waals surface area contributed by atoms with Crippen LogP contribution in [0.25, 0.3) is 17.0 Å². The fraction of sp³-hybridized carbons (Fsp3) is 0.316. The number of carboxylic acids is 1. The Hall–Kier alpha value is -3.09. The van der Waals surface area contributed by atoms with Gasteiger partial charge in [-0.1, -0.05) is 43.7 Å². The molecule has 7 nitrogen and oxygen atoms in total. The summed E-state index contributed by atoms with van der Waals surface area (Å²) in [7, 11) is 0. The van der Waals surface area contributed by atoms with Crippen molar-refractivity contribution in [2.75, 3.05) is 0 Å². The fourth-order valence-electron chi connectivity index (χ4n) is 3.47. The van der Waals surface area contributed by atoms with Crippen LogP contribution < -0.4 is 0 Å². The summed E-state index contributed by atoms with van der Waals surface area (Å²) < 4.78 is 1.38. The highest BCUT2D eigenvalue weighted by Crippen LogP contribution is 2.38. The van der Waals surface area contributed by atoms with Crippen LogP contribution in [-0.2, 0) is 6.42 Å². The second kappa shape index (κ2) is 5.45. The zero-order valence-corrected chi connectivity index (χ0v) is 14.8. The summed E-state index contributed by atoms with van der Waals surface area (Å²) in [6, 6.07) is 7.69. The zero-order valence-electron chi connectivity index (χ0n) is 14.8. The Kier molecular flexibility index (Phi) is 3.44. The molecule has 26 heavy (non-hydrogen) atoms. The van der Waals surface area contributed by atoms with Gasteiger partial charge in [-0.05, 0) is 18.8 Å². The third-order valence-corrected chi connectivity index (χ3v) is 4.64. The number of ketones is 1.